The maximum atomic E-state index is 13.0. The molecule has 3 aromatic rings. The lowest BCUT2D eigenvalue weighted by Crippen LogP contribution is -2.29. The van der Waals surface area contributed by atoms with Crippen molar-refractivity contribution in [3.05, 3.63) is 111 Å². The molecule has 1 saturated heterocycles. The molecule has 1 fully saturated rings. The van der Waals surface area contributed by atoms with E-state index in [1.807, 2.05) is 0 Å². The summed E-state index contributed by atoms with van der Waals surface area (Å²) >= 11 is 6.10. The summed E-state index contributed by atoms with van der Waals surface area (Å²) in [7, 11) is 0. The number of amides is 1. The maximum absolute atomic E-state index is 13.0. The molecule has 0 bridgehead atoms. The average molecular weight is 435 g/mol. The van der Waals surface area contributed by atoms with Crippen molar-refractivity contribution in [3.63, 3.8) is 0 Å². The van der Waals surface area contributed by atoms with Gasteiger partial charge in [-0.05, 0) is 35.9 Å². The lowest BCUT2D eigenvalue weighted by Gasteiger charge is -2.25. The summed E-state index contributed by atoms with van der Waals surface area (Å²) < 4.78 is 0. The van der Waals surface area contributed by atoms with Crippen LogP contribution in [0.25, 0.3) is 5.76 Å². The van der Waals surface area contributed by atoms with Gasteiger partial charge in [0.1, 0.15) is 5.76 Å². The van der Waals surface area contributed by atoms with Crippen molar-refractivity contribution in [3.8, 4) is 0 Å². The molecule has 1 atom stereocenters. The van der Waals surface area contributed by atoms with Crippen LogP contribution in [-0.2, 0) is 9.59 Å². The van der Waals surface area contributed by atoms with E-state index >= 15 is 0 Å². The van der Waals surface area contributed by atoms with E-state index in [9.17, 15) is 24.8 Å². The number of aliphatic hydroxyl groups excluding tert-OH is 1. The van der Waals surface area contributed by atoms with Gasteiger partial charge in [0.15, 0.2) is 0 Å². The minimum absolute atomic E-state index is 0.106. The lowest BCUT2D eigenvalue weighted by molar-refractivity contribution is -0.384. The molecule has 7 nitrogen and oxygen atoms in total. The molecule has 1 aliphatic heterocycles. The summed E-state index contributed by atoms with van der Waals surface area (Å²) in [6, 6.07) is 19.6. The summed E-state index contributed by atoms with van der Waals surface area (Å²) in [5.41, 5.74) is 0.951. The first-order chi connectivity index (χ1) is 14.9. The van der Waals surface area contributed by atoms with Gasteiger partial charge in [0.2, 0.25) is 0 Å². The van der Waals surface area contributed by atoms with Crippen molar-refractivity contribution in [1.29, 1.82) is 0 Å². The summed E-state index contributed by atoms with van der Waals surface area (Å²) in [6.45, 7) is 0. The number of hydrogen-bond donors (Lipinski definition) is 1. The molecule has 154 valence electrons. The van der Waals surface area contributed by atoms with Gasteiger partial charge >= 0.3 is 0 Å². The second-order valence-electron chi connectivity index (χ2n) is 6.86. The van der Waals surface area contributed by atoms with E-state index in [1.54, 1.807) is 54.6 Å². The summed E-state index contributed by atoms with van der Waals surface area (Å²) in [5, 5.41) is 22.3. The van der Waals surface area contributed by atoms with Crippen LogP contribution in [-0.4, -0.2) is 21.7 Å². The van der Waals surface area contributed by atoms with Crippen LogP contribution in [0.15, 0.2) is 84.4 Å². The first-order valence-corrected chi connectivity index (χ1v) is 9.62. The van der Waals surface area contributed by atoms with E-state index in [2.05, 4.69) is 0 Å². The van der Waals surface area contributed by atoms with Gasteiger partial charge in [-0.3, -0.25) is 24.6 Å². The Bertz CT molecular complexity index is 1220. The van der Waals surface area contributed by atoms with Crippen molar-refractivity contribution < 1.29 is 19.6 Å². The fourth-order valence-corrected chi connectivity index (χ4v) is 3.76. The van der Waals surface area contributed by atoms with Gasteiger partial charge in [0, 0.05) is 28.4 Å². The Hall–Kier alpha value is -3.97. The Morgan fingerprint density at radius 1 is 0.968 bits per heavy atom. The Morgan fingerprint density at radius 2 is 1.65 bits per heavy atom. The minimum atomic E-state index is -0.894. The Balaban J connectivity index is 1.91. The highest BCUT2D eigenvalue weighted by Crippen LogP contribution is 2.42. The number of hydrogen-bond acceptors (Lipinski definition) is 5. The van der Waals surface area contributed by atoms with Gasteiger partial charge in [-0.25, -0.2) is 0 Å². The lowest BCUT2D eigenvalue weighted by atomic mass is 9.95. The Kier molecular flexibility index (Phi) is 5.27. The van der Waals surface area contributed by atoms with Crippen molar-refractivity contribution in [1.82, 2.24) is 0 Å². The number of carbonyl (C=O) groups excluding carboxylic acids is 2. The second-order valence-corrected chi connectivity index (χ2v) is 7.30. The quantitative estimate of drug-likeness (QED) is 0.207. The normalized spacial score (nSPS) is 17.7. The number of nitro benzene ring substituents is 1. The topological polar surface area (TPSA) is 101 Å². The van der Waals surface area contributed by atoms with Crippen LogP contribution < -0.4 is 4.90 Å². The van der Waals surface area contributed by atoms with Crippen molar-refractivity contribution in [2.45, 2.75) is 6.04 Å². The molecule has 1 aliphatic rings. The molecule has 0 saturated carbocycles. The summed E-state index contributed by atoms with van der Waals surface area (Å²) in [6.07, 6.45) is 0. The highest BCUT2D eigenvalue weighted by atomic mass is 35.5. The molecule has 0 radical (unpaired) electrons. The summed E-state index contributed by atoms with van der Waals surface area (Å²) in [5.74, 6) is -2.07. The molecule has 0 aromatic heterocycles. The number of ketones is 1. The predicted octanol–water partition coefficient (Wildman–Crippen LogP) is 4.87. The van der Waals surface area contributed by atoms with Gasteiger partial charge in [0.05, 0.1) is 16.5 Å². The first-order valence-electron chi connectivity index (χ1n) is 9.25. The zero-order valence-electron chi connectivity index (χ0n) is 15.9. The van der Waals surface area contributed by atoms with Crippen LogP contribution in [0.2, 0.25) is 5.02 Å². The number of rotatable bonds is 4. The average Bonchev–Trinajstić information content (AvgIpc) is 3.04. The van der Waals surface area contributed by atoms with Crippen molar-refractivity contribution >= 4 is 40.4 Å². The summed E-state index contributed by atoms with van der Waals surface area (Å²) in [4.78, 5) is 37.6. The van der Waals surface area contributed by atoms with Gasteiger partial charge in [-0.1, -0.05) is 48.0 Å². The fraction of sp³-hybridized carbons (Fsp3) is 0.0435. The van der Waals surface area contributed by atoms with E-state index in [-0.39, 0.29) is 16.8 Å². The van der Waals surface area contributed by atoms with Crippen LogP contribution in [0.4, 0.5) is 11.4 Å². The van der Waals surface area contributed by atoms with Crippen molar-refractivity contribution in [2.24, 2.45) is 0 Å². The molecule has 0 spiro atoms. The number of non-ortho nitro benzene ring substituents is 1. The molecule has 4 rings (SSSR count). The Labute approximate surface area is 182 Å². The van der Waals surface area contributed by atoms with E-state index in [0.29, 0.717) is 16.3 Å². The predicted molar refractivity (Wildman–Crippen MR) is 116 cm³/mol. The smallest absolute Gasteiger partial charge is 0.300 e. The maximum Gasteiger partial charge on any atom is 0.300 e. The number of aliphatic hydroxyl groups is 1. The van der Waals surface area contributed by atoms with E-state index in [0.717, 1.165) is 0 Å². The number of benzene rings is 3. The zero-order valence-corrected chi connectivity index (χ0v) is 16.7. The SMILES string of the molecule is O=C1C(=O)N(c2cccc(Cl)c2)C(c2ccccc2)/C1=C(\O)c1ccc([N+](=O)[O-])cc1. The molecule has 0 aliphatic carbocycles. The number of carbonyl (C=O) groups is 2. The second kappa shape index (κ2) is 8.04. The zero-order chi connectivity index (χ0) is 22.1. The van der Waals surface area contributed by atoms with Gasteiger partial charge < -0.3 is 5.11 Å². The third-order valence-electron chi connectivity index (χ3n) is 5.00. The third kappa shape index (κ3) is 3.67. The number of Topliss-reactive ketones (excluding diaryl/α,β-unsaturated/α-hetero) is 1. The molecule has 1 amide bonds. The third-order valence-corrected chi connectivity index (χ3v) is 5.23. The molecule has 1 unspecified atom stereocenters. The number of nitro groups is 1. The van der Waals surface area contributed by atoms with Gasteiger partial charge in [-0.2, -0.15) is 0 Å². The molecule has 1 heterocycles. The number of nitrogens with zero attached hydrogens (tertiary/aromatic N) is 2. The van der Waals surface area contributed by atoms with Crippen molar-refractivity contribution in [2.75, 3.05) is 4.90 Å². The molecule has 1 N–H and O–H groups in total. The highest BCUT2D eigenvalue weighted by Gasteiger charge is 2.46. The van der Waals surface area contributed by atoms with Gasteiger partial charge in [-0.15, -0.1) is 0 Å². The Morgan fingerprint density at radius 3 is 2.26 bits per heavy atom. The van der Waals surface area contributed by atoms with E-state index < -0.39 is 28.4 Å². The number of halogens is 1. The van der Waals surface area contributed by atoms with E-state index in [1.165, 1.54) is 29.2 Å². The van der Waals surface area contributed by atoms with Crippen LogP contribution in [0, 0.1) is 10.1 Å². The van der Waals surface area contributed by atoms with Crippen LogP contribution >= 0.6 is 11.6 Å². The molecular formula is C23H15ClN2O5. The molecule has 8 heteroatoms. The van der Waals surface area contributed by atoms with Crippen LogP contribution in [0.1, 0.15) is 17.2 Å². The van der Waals surface area contributed by atoms with Gasteiger partial charge in [0.25, 0.3) is 17.4 Å². The minimum Gasteiger partial charge on any atom is -0.507 e. The van der Waals surface area contributed by atoms with E-state index in [4.69, 9.17) is 11.6 Å². The highest BCUT2D eigenvalue weighted by molar-refractivity contribution is 6.51. The molecular weight excluding hydrogens is 420 g/mol. The van der Waals surface area contributed by atoms with Crippen LogP contribution in [0.5, 0.6) is 0 Å². The van der Waals surface area contributed by atoms with Crippen LogP contribution in [0.3, 0.4) is 0 Å². The number of anilines is 1. The largest absolute Gasteiger partial charge is 0.507 e. The molecule has 3 aromatic carbocycles. The molecule has 31 heavy (non-hydrogen) atoms. The fourth-order valence-electron chi connectivity index (χ4n) is 3.57. The standard InChI is InChI=1S/C23H15ClN2O5/c24-16-7-4-8-18(13-16)25-20(14-5-2-1-3-6-14)19(22(28)23(25)29)21(27)15-9-11-17(12-10-15)26(30)31/h1-13,20,27H/b21-19+. The monoisotopic (exact) mass is 434 g/mol. The first kappa shape index (κ1) is 20.3.